The SMILES string of the molecule is COc1ccc(-c2oc3cc(O)c(CO)c(O)c3c(=O)c2OC)cc1O. The zero-order valence-corrected chi connectivity index (χ0v) is 13.9. The Morgan fingerprint density at radius 1 is 1.04 bits per heavy atom. The molecule has 1 aromatic heterocycles. The van der Waals surface area contributed by atoms with Crippen molar-refractivity contribution in [3.05, 3.63) is 40.1 Å². The van der Waals surface area contributed by atoms with Crippen LogP contribution in [-0.4, -0.2) is 34.6 Å². The number of aromatic hydroxyl groups is 3. The number of methoxy groups -OCH3 is 2. The van der Waals surface area contributed by atoms with E-state index in [1.165, 1.54) is 26.4 Å². The van der Waals surface area contributed by atoms with E-state index in [4.69, 9.17) is 13.9 Å². The summed E-state index contributed by atoms with van der Waals surface area (Å²) in [6, 6.07) is 5.48. The molecule has 0 spiro atoms. The van der Waals surface area contributed by atoms with E-state index in [2.05, 4.69) is 0 Å². The maximum Gasteiger partial charge on any atom is 0.239 e. The van der Waals surface area contributed by atoms with Crippen molar-refractivity contribution in [3.8, 4) is 40.1 Å². The van der Waals surface area contributed by atoms with Crippen molar-refractivity contribution in [2.75, 3.05) is 14.2 Å². The molecule has 0 aliphatic heterocycles. The van der Waals surface area contributed by atoms with E-state index in [0.29, 0.717) is 5.56 Å². The second-order valence-corrected chi connectivity index (χ2v) is 5.43. The molecule has 1 heterocycles. The molecule has 0 atom stereocenters. The van der Waals surface area contributed by atoms with Gasteiger partial charge in [0.2, 0.25) is 11.2 Å². The van der Waals surface area contributed by atoms with Gasteiger partial charge in [0.1, 0.15) is 22.5 Å². The Morgan fingerprint density at radius 3 is 2.35 bits per heavy atom. The summed E-state index contributed by atoms with van der Waals surface area (Å²) in [4.78, 5) is 12.8. The number of phenolic OH excluding ortho intramolecular Hbond substituents is 1. The Hall–Kier alpha value is -3.39. The predicted octanol–water partition coefficient (Wildman–Crippen LogP) is 2.09. The van der Waals surface area contributed by atoms with E-state index in [9.17, 15) is 25.2 Å². The second kappa shape index (κ2) is 6.49. The molecule has 0 saturated carbocycles. The van der Waals surface area contributed by atoms with Crippen molar-refractivity contribution in [1.82, 2.24) is 0 Å². The van der Waals surface area contributed by atoms with Crippen LogP contribution in [0.15, 0.2) is 33.5 Å². The van der Waals surface area contributed by atoms with E-state index in [-0.39, 0.29) is 39.5 Å². The lowest BCUT2D eigenvalue weighted by atomic mass is 10.1. The Labute approximate surface area is 147 Å². The van der Waals surface area contributed by atoms with Crippen LogP contribution in [0.2, 0.25) is 0 Å². The number of fused-ring (bicyclic) bond motifs is 1. The van der Waals surface area contributed by atoms with Crippen LogP contribution in [0, 0.1) is 0 Å². The van der Waals surface area contributed by atoms with Gasteiger partial charge in [-0.1, -0.05) is 0 Å². The Morgan fingerprint density at radius 2 is 1.77 bits per heavy atom. The molecule has 2 aromatic carbocycles. The van der Waals surface area contributed by atoms with Crippen LogP contribution in [-0.2, 0) is 6.61 Å². The van der Waals surface area contributed by atoms with Crippen LogP contribution in [0.25, 0.3) is 22.3 Å². The predicted molar refractivity (Wildman–Crippen MR) is 91.9 cm³/mol. The lowest BCUT2D eigenvalue weighted by Crippen LogP contribution is -2.08. The van der Waals surface area contributed by atoms with E-state index in [1.54, 1.807) is 6.07 Å². The van der Waals surface area contributed by atoms with Crippen molar-refractivity contribution in [2.24, 2.45) is 0 Å². The van der Waals surface area contributed by atoms with Crippen molar-refractivity contribution < 1.29 is 34.3 Å². The fraction of sp³-hybridized carbons (Fsp3) is 0.167. The molecule has 0 radical (unpaired) electrons. The van der Waals surface area contributed by atoms with Gasteiger partial charge in [-0.3, -0.25) is 4.79 Å². The average molecular weight is 360 g/mol. The Kier molecular flexibility index (Phi) is 4.35. The quantitative estimate of drug-likeness (QED) is 0.556. The highest BCUT2D eigenvalue weighted by Crippen LogP contribution is 2.40. The summed E-state index contributed by atoms with van der Waals surface area (Å²) in [5, 5.41) is 39.1. The number of ether oxygens (including phenoxy) is 2. The standard InChI is InChI=1S/C18H16O8/c1-24-12-4-3-8(5-11(12)21)17-18(25-2)16(23)14-13(26-17)6-10(20)9(7-19)15(14)22/h3-6,19-22H,7H2,1-2H3. The van der Waals surface area contributed by atoms with Crippen LogP contribution in [0.4, 0.5) is 0 Å². The summed E-state index contributed by atoms with van der Waals surface area (Å²) >= 11 is 0. The van der Waals surface area contributed by atoms with Crippen LogP contribution >= 0.6 is 0 Å². The minimum absolute atomic E-state index is 0.00139. The number of rotatable bonds is 4. The van der Waals surface area contributed by atoms with Crippen LogP contribution in [0.3, 0.4) is 0 Å². The van der Waals surface area contributed by atoms with Crippen molar-refractivity contribution in [1.29, 1.82) is 0 Å². The van der Waals surface area contributed by atoms with Crippen molar-refractivity contribution >= 4 is 11.0 Å². The summed E-state index contributed by atoms with van der Waals surface area (Å²) < 4.78 is 15.8. The third-order valence-corrected chi connectivity index (χ3v) is 4.00. The minimum Gasteiger partial charge on any atom is -0.507 e. The highest BCUT2D eigenvalue weighted by molar-refractivity contribution is 5.90. The second-order valence-electron chi connectivity index (χ2n) is 5.43. The van der Waals surface area contributed by atoms with E-state index in [1.807, 2.05) is 0 Å². The van der Waals surface area contributed by atoms with Crippen molar-refractivity contribution in [3.63, 3.8) is 0 Å². The summed E-state index contributed by atoms with van der Waals surface area (Å²) in [6.45, 7) is -0.663. The zero-order chi connectivity index (χ0) is 19.0. The summed E-state index contributed by atoms with van der Waals surface area (Å²) in [5.41, 5.74) is -0.661. The smallest absolute Gasteiger partial charge is 0.239 e. The van der Waals surface area contributed by atoms with Gasteiger partial charge in [-0.05, 0) is 18.2 Å². The molecule has 136 valence electrons. The average Bonchev–Trinajstić information content (AvgIpc) is 2.61. The number of hydrogen-bond donors (Lipinski definition) is 4. The van der Waals surface area contributed by atoms with Gasteiger partial charge in [0, 0.05) is 11.6 Å². The fourth-order valence-electron chi connectivity index (χ4n) is 2.71. The number of phenols is 3. The van der Waals surface area contributed by atoms with E-state index in [0.717, 1.165) is 6.07 Å². The molecule has 8 nitrogen and oxygen atoms in total. The molecular formula is C18H16O8. The third-order valence-electron chi connectivity index (χ3n) is 4.00. The summed E-state index contributed by atoms with van der Waals surface area (Å²) in [5.74, 6) is -1.15. The van der Waals surface area contributed by atoms with E-state index < -0.39 is 23.5 Å². The maximum absolute atomic E-state index is 12.8. The largest absolute Gasteiger partial charge is 0.507 e. The third kappa shape index (κ3) is 2.56. The first kappa shape index (κ1) is 17.4. The van der Waals surface area contributed by atoms with Crippen LogP contribution in [0.5, 0.6) is 28.7 Å². The lowest BCUT2D eigenvalue weighted by Gasteiger charge is -2.13. The molecule has 0 aliphatic rings. The Balaban J connectivity index is 2.37. The summed E-state index contributed by atoms with van der Waals surface area (Å²) in [7, 11) is 2.66. The minimum atomic E-state index is -0.689. The first-order valence-corrected chi connectivity index (χ1v) is 7.49. The molecule has 0 bridgehead atoms. The van der Waals surface area contributed by atoms with Gasteiger partial charge in [-0.25, -0.2) is 0 Å². The van der Waals surface area contributed by atoms with Gasteiger partial charge in [0.25, 0.3) is 0 Å². The Bertz CT molecular complexity index is 1050. The lowest BCUT2D eigenvalue weighted by molar-refractivity contribution is 0.269. The van der Waals surface area contributed by atoms with Gasteiger partial charge in [-0.2, -0.15) is 0 Å². The normalized spacial score (nSPS) is 10.9. The van der Waals surface area contributed by atoms with Gasteiger partial charge in [0.15, 0.2) is 17.3 Å². The highest BCUT2D eigenvalue weighted by atomic mass is 16.5. The van der Waals surface area contributed by atoms with Crippen molar-refractivity contribution in [2.45, 2.75) is 6.61 Å². The fourth-order valence-corrected chi connectivity index (χ4v) is 2.71. The number of benzene rings is 2. The molecule has 3 rings (SSSR count). The van der Waals surface area contributed by atoms with Crippen LogP contribution in [0.1, 0.15) is 5.56 Å². The molecule has 8 heteroatoms. The maximum atomic E-state index is 12.8. The first-order valence-electron chi connectivity index (χ1n) is 7.49. The molecule has 0 fully saturated rings. The van der Waals surface area contributed by atoms with Gasteiger partial charge < -0.3 is 34.3 Å². The summed E-state index contributed by atoms with van der Waals surface area (Å²) in [6.07, 6.45) is 0. The molecule has 4 N–H and O–H groups in total. The van der Waals surface area contributed by atoms with E-state index >= 15 is 0 Å². The molecule has 0 unspecified atom stereocenters. The zero-order valence-electron chi connectivity index (χ0n) is 13.9. The first-order chi connectivity index (χ1) is 12.4. The topological polar surface area (TPSA) is 130 Å². The van der Waals surface area contributed by atoms with Crippen LogP contribution < -0.4 is 14.9 Å². The molecule has 0 aliphatic carbocycles. The number of aliphatic hydroxyl groups is 1. The molecule has 0 saturated heterocycles. The number of aliphatic hydroxyl groups excluding tert-OH is 1. The molecule has 26 heavy (non-hydrogen) atoms. The monoisotopic (exact) mass is 360 g/mol. The van der Waals surface area contributed by atoms with Gasteiger partial charge >= 0.3 is 0 Å². The molecule has 3 aromatic rings. The van der Waals surface area contributed by atoms with Gasteiger partial charge in [0.05, 0.1) is 26.4 Å². The highest BCUT2D eigenvalue weighted by Gasteiger charge is 2.23. The number of hydrogen-bond acceptors (Lipinski definition) is 8. The molecule has 0 amide bonds. The molecular weight excluding hydrogens is 344 g/mol. The van der Waals surface area contributed by atoms with Gasteiger partial charge in [-0.15, -0.1) is 0 Å².